The SMILES string of the molecule is COc1cc(C2NC(=S)NC(C)=C2C(C)=O)cc(Br)c1O. The molecule has 1 aromatic carbocycles. The van der Waals surface area contributed by atoms with Crippen LogP contribution in [0.25, 0.3) is 0 Å². The summed E-state index contributed by atoms with van der Waals surface area (Å²) in [7, 11) is 1.47. The Kier molecular flexibility index (Phi) is 4.53. The molecule has 0 radical (unpaired) electrons. The second kappa shape index (κ2) is 6.03. The minimum atomic E-state index is -0.387. The van der Waals surface area contributed by atoms with Crippen molar-refractivity contribution in [3.05, 3.63) is 33.4 Å². The maximum Gasteiger partial charge on any atom is 0.172 e. The molecule has 1 unspecified atom stereocenters. The smallest absolute Gasteiger partial charge is 0.172 e. The summed E-state index contributed by atoms with van der Waals surface area (Å²) >= 11 is 8.44. The number of benzene rings is 1. The molecule has 0 amide bonds. The second-order valence-corrected chi connectivity index (χ2v) is 5.94. The zero-order valence-electron chi connectivity index (χ0n) is 11.8. The molecule has 0 bridgehead atoms. The minimum absolute atomic E-state index is 0.0165. The van der Waals surface area contributed by atoms with Gasteiger partial charge in [0.25, 0.3) is 0 Å². The number of rotatable bonds is 3. The molecule has 0 saturated carbocycles. The van der Waals surface area contributed by atoms with Gasteiger partial charge in [-0.3, -0.25) is 4.79 Å². The second-order valence-electron chi connectivity index (χ2n) is 4.68. The first-order valence-corrected chi connectivity index (χ1v) is 7.41. The van der Waals surface area contributed by atoms with E-state index in [1.54, 1.807) is 12.1 Å². The average Bonchev–Trinajstić information content (AvgIpc) is 2.40. The van der Waals surface area contributed by atoms with E-state index in [2.05, 4.69) is 26.6 Å². The van der Waals surface area contributed by atoms with Crippen LogP contribution in [0.2, 0.25) is 0 Å². The van der Waals surface area contributed by atoms with Crippen molar-refractivity contribution in [2.45, 2.75) is 19.9 Å². The Morgan fingerprint density at radius 1 is 1.48 bits per heavy atom. The minimum Gasteiger partial charge on any atom is -0.503 e. The Hall–Kier alpha value is -1.60. The van der Waals surface area contributed by atoms with Gasteiger partial charge in [0.05, 0.1) is 17.6 Å². The lowest BCUT2D eigenvalue weighted by molar-refractivity contribution is -0.114. The Balaban J connectivity index is 2.58. The highest BCUT2D eigenvalue weighted by atomic mass is 79.9. The third-order valence-electron chi connectivity index (χ3n) is 3.25. The van der Waals surface area contributed by atoms with Crippen LogP contribution in [0.1, 0.15) is 25.5 Å². The number of ether oxygens (including phenoxy) is 1. The molecular weight excluding hydrogens is 356 g/mol. The van der Waals surface area contributed by atoms with Gasteiger partial charge < -0.3 is 20.5 Å². The summed E-state index contributed by atoms with van der Waals surface area (Å²) in [5.74, 6) is 0.289. The van der Waals surface area contributed by atoms with Crippen LogP contribution in [0.4, 0.5) is 0 Å². The molecule has 3 N–H and O–H groups in total. The molecule has 112 valence electrons. The van der Waals surface area contributed by atoms with E-state index < -0.39 is 0 Å². The molecule has 0 aliphatic carbocycles. The summed E-state index contributed by atoms with van der Waals surface area (Å²) in [6, 6.07) is 3.03. The summed E-state index contributed by atoms with van der Waals surface area (Å²) in [5, 5.41) is 16.4. The molecule has 1 atom stereocenters. The maximum atomic E-state index is 11.9. The van der Waals surface area contributed by atoms with Crippen LogP contribution < -0.4 is 15.4 Å². The topological polar surface area (TPSA) is 70.6 Å². The number of methoxy groups -OCH3 is 1. The number of nitrogens with one attached hydrogen (secondary N) is 2. The van der Waals surface area contributed by atoms with Crippen LogP contribution in [0.3, 0.4) is 0 Å². The van der Waals surface area contributed by atoms with Crippen molar-refractivity contribution in [2.75, 3.05) is 7.11 Å². The van der Waals surface area contributed by atoms with E-state index in [-0.39, 0.29) is 17.6 Å². The molecule has 1 aromatic rings. The fourth-order valence-electron chi connectivity index (χ4n) is 2.33. The molecule has 1 aliphatic heterocycles. The van der Waals surface area contributed by atoms with Crippen LogP contribution >= 0.6 is 28.1 Å². The van der Waals surface area contributed by atoms with Gasteiger partial charge in [-0.1, -0.05) is 0 Å². The molecule has 0 fully saturated rings. The average molecular weight is 371 g/mol. The number of aromatic hydroxyl groups is 1. The van der Waals surface area contributed by atoms with Gasteiger partial charge in [-0.2, -0.15) is 0 Å². The first-order valence-electron chi connectivity index (χ1n) is 6.20. The number of hydrogen-bond donors (Lipinski definition) is 3. The highest BCUT2D eigenvalue weighted by molar-refractivity contribution is 9.10. The summed E-state index contributed by atoms with van der Waals surface area (Å²) in [5.41, 5.74) is 2.09. The largest absolute Gasteiger partial charge is 0.503 e. The van der Waals surface area contributed by atoms with Crippen molar-refractivity contribution < 1.29 is 14.6 Å². The molecule has 2 rings (SSSR count). The highest BCUT2D eigenvalue weighted by Gasteiger charge is 2.28. The number of phenols is 1. The van der Waals surface area contributed by atoms with Gasteiger partial charge in [0, 0.05) is 11.3 Å². The number of phenolic OH excluding ortho intramolecular Hbond substituents is 1. The monoisotopic (exact) mass is 370 g/mol. The lowest BCUT2D eigenvalue weighted by atomic mass is 9.93. The van der Waals surface area contributed by atoms with Crippen LogP contribution in [0, 0.1) is 0 Å². The number of carbonyl (C=O) groups is 1. The number of allylic oxidation sites excluding steroid dienone is 1. The maximum absolute atomic E-state index is 11.9. The van der Waals surface area contributed by atoms with Crippen molar-refractivity contribution in [3.63, 3.8) is 0 Å². The molecule has 1 heterocycles. The van der Waals surface area contributed by atoms with Crippen LogP contribution in [0.5, 0.6) is 11.5 Å². The van der Waals surface area contributed by atoms with Gasteiger partial charge in [-0.05, 0) is 59.7 Å². The first-order chi connectivity index (χ1) is 9.85. The molecule has 1 aliphatic rings. The third kappa shape index (κ3) is 3.03. The predicted molar refractivity (Wildman–Crippen MR) is 87.4 cm³/mol. The van der Waals surface area contributed by atoms with Gasteiger partial charge in [0.1, 0.15) is 0 Å². The van der Waals surface area contributed by atoms with E-state index in [9.17, 15) is 9.90 Å². The zero-order valence-corrected chi connectivity index (χ0v) is 14.2. The number of ketones is 1. The van der Waals surface area contributed by atoms with Gasteiger partial charge in [0.2, 0.25) is 0 Å². The number of hydrogen-bond acceptors (Lipinski definition) is 4. The van der Waals surface area contributed by atoms with Crippen molar-refractivity contribution in [1.29, 1.82) is 0 Å². The van der Waals surface area contributed by atoms with Gasteiger partial charge >= 0.3 is 0 Å². The fourth-order valence-corrected chi connectivity index (χ4v) is 3.06. The fraction of sp³-hybridized carbons (Fsp3) is 0.286. The highest BCUT2D eigenvalue weighted by Crippen LogP contribution is 2.39. The van der Waals surface area contributed by atoms with Crippen LogP contribution in [-0.4, -0.2) is 23.1 Å². The predicted octanol–water partition coefficient (Wildman–Crippen LogP) is 2.55. The molecule has 21 heavy (non-hydrogen) atoms. The first kappa shape index (κ1) is 15.8. The van der Waals surface area contributed by atoms with E-state index >= 15 is 0 Å². The summed E-state index contributed by atoms with van der Waals surface area (Å²) < 4.78 is 5.64. The molecule has 5 nitrogen and oxygen atoms in total. The van der Waals surface area contributed by atoms with Gasteiger partial charge in [-0.25, -0.2) is 0 Å². The Bertz CT molecular complexity index is 658. The van der Waals surface area contributed by atoms with Crippen molar-refractivity contribution in [3.8, 4) is 11.5 Å². The lowest BCUT2D eigenvalue weighted by Crippen LogP contribution is -2.44. The lowest BCUT2D eigenvalue weighted by Gasteiger charge is -2.30. The van der Waals surface area contributed by atoms with E-state index in [0.29, 0.717) is 20.9 Å². The third-order valence-corrected chi connectivity index (χ3v) is 4.08. The van der Waals surface area contributed by atoms with E-state index in [1.807, 2.05) is 6.92 Å². The Labute approximate surface area is 136 Å². The van der Waals surface area contributed by atoms with E-state index in [4.69, 9.17) is 17.0 Å². The molecule has 7 heteroatoms. The Morgan fingerprint density at radius 2 is 2.14 bits per heavy atom. The molecule has 0 saturated heterocycles. The van der Waals surface area contributed by atoms with Crippen molar-refractivity contribution >= 4 is 39.0 Å². The van der Waals surface area contributed by atoms with Crippen molar-refractivity contribution in [2.24, 2.45) is 0 Å². The standard InChI is InChI=1S/C14H15BrN2O3S/c1-6-11(7(2)18)12(17-14(21)16-6)8-4-9(15)13(19)10(5-8)20-3/h4-5,12,19H,1-3H3,(H2,16,17,21). The van der Waals surface area contributed by atoms with E-state index in [1.165, 1.54) is 14.0 Å². The normalized spacial score (nSPS) is 18.1. The van der Waals surface area contributed by atoms with Crippen molar-refractivity contribution in [1.82, 2.24) is 10.6 Å². The summed E-state index contributed by atoms with van der Waals surface area (Å²) in [6.07, 6.45) is 0. The number of thiocarbonyl (C=S) groups is 1. The molecule has 0 spiro atoms. The number of halogens is 1. The quantitative estimate of drug-likeness (QED) is 0.710. The van der Waals surface area contributed by atoms with Gasteiger partial charge in [-0.15, -0.1) is 0 Å². The summed E-state index contributed by atoms with van der Waals surface area (Å²) in [6.45, 7) is 3.32. The summed E-state index contributed by atoms with van der Waals surface area (Å²) in [4.78, 5) is 11.9. The van der Waals surface area contributed by atoms with Crippen LogP contribution in [-0.2, 0) is 4.79 Å². The zero-order chi connectivity index (χ0) is 15.7. The number of carbonyl (C=O) groups excluding carboxylic acids is 1. The molecule has 0 aromatic heterocycles. The van der Waals surface area contributed by atoms with Gasteiger partial charge in [0.15, 0.2) is 22.4 Å². The van der Waals surface area contributed by atoms with Crippen LogP contribution in [0.15, 0.2) is 27.9 Å². The Morgan fingerprint density at radius 3 is 2.71 bits per heavy atom. The van der Waals surface area contributed by atoms with E-state index in [0.717, 1.165) is 11.3 Å². The number of Topliss-reactive ketones (excluding diaryl/α,β-unsaturated/α-hetero) is 1. The molecular formula is C14H15BrN2O3S.